The maximum atomic E-state index is 13.1. The lowest BCUT2D eigenvalue weighted by molar-refractivity contribution is -0.0666. The van der Waals surface area contributed by atoms with Gasteiger partial charge in [-0.2, -0.15) is 0 Å². The Labute approximate surface area is 163 Å². The van der Waals surface area contributed by atoms with Crippen LogP contribution in [0.3, 0.4) is 0 Å². The highest BCUT2D eigenvalue weighted by atomic mass is 32.2. The van der Waals surface area contributed by atoms with Crippen LogP contribution in [-0.2, 0) is 10.0 Å². The van der Waals surface area contributed by atoms with Gasteiger partial charge in [0.1, 0.15) is 0 Å². The Kier molecular flexibility index (Phi) is 3.90. The van der Waals surface area contributed by atoms with Gasteiger partial charge in [0.25, 0.3) is 5.56 Å². The van der Waals surface area contributed by atoms with E-state index in [1.165, 1.54) is 37.5 Å². The van der Waals surface area contributed by atoms with Crippen LogP contribution in [0.2, 0.25) is 0 Å². The van der Waals surface area contributed by atoms with E-state index in [1.54, 1.807) is 0 Å². The van der Waals surface area contributed by atoms with Crippen LogP contribution in [0.15, 0.2) is 32.7 Å². The molecular weight excluding hydrogens is 378 g/mol. The van der Waals surface area contributed by atoms with Crippen molar-refractivity contribution in [2.24, 2.45) is 23.2 Å². The summed E-state index contributed by atoms with van der Waals surface area (Å²) in [6.07, 6.45) is 7.27. The van der Waals surface area contributed by atoms with Gasteiger partial charge in [-0.25, -0.2) is 17.9 Å². The van der Waals surface area contributed by atoms with E-state index in [0.717, 1.165) is 37.0 Å². The van der Waals surface area contributed by atoms with Crippen LogP contribution in [0.4, 0.5) is 0 Å². The van der Waals surface area contributed by atoms with Gasteiger partial charge in [-0.1, -0.05) is 0 Å². The highest BCUT2D eigenvalue weighted by Crippen LogP contribution is 2.61. The fraction of sp³-hybridized carbons (Fsp3) is 0.600. The van der Waals surface area contributed by atoms with Crippen molar-refractivity contribution in [2.45, 2.75) is 56.4 Å². The lowest BCUT2D eigenvalue weighted by Crippen LogP contribution is -2.55. The summed E-state index contributed by atoms with van der Waals surface area (Å²) in [5.74, 6) is 2.23. The summed E-state index contributed by atoms with van der Waals surface area (Å²) in [7, 11) is -3.77. The van der Waals surface area contributed by atoms with E-state index < -0.39 is 21.3 Å². The monoisotopic (exact) mass is 403 g/mol. The second kappa shape index (κ2) is 6.03. The molecule has 0 amide bonds. The largest absolute Gasteiger partial charge is 0.326 e. The average Bonchev–Trinajstić information content (AvgIpc) is 2.59. The molecule has 1 aromatic carbocycles. The normalized spacial score (nSPS) is 32.7. The summed E-state index contributed by atoms with van der Waals surface area (Å²) >= 11 is 0. The Bertz CT molecular complexity index is 1130. The number of aromatic nitrogens is 2. The maximum Gasteiger partial charge on any atom is 0.326 e. The first kappa shape index (κ1) is 18.1. The third-order valence-corrected chi connectivity index (χ3v) is 8.90. The Morgan fingerprint density at radius 1 is 1.04 bits per heavy atom. The molecule has 1 unspecified atom stereocenters. The number of hydrogen-bond acceptors (Lipinski definition) is 4. The molecule has 28 heavy (non-hydrogen) atoms. The highest BCUT2D eigenvalue weighted by molar-refractivity contribution is 7.89. The van der Waals surface area contributed by atoms with Gasteiger partial charge in [-0.05, 0) is 86.8 Å². The lowest BCUT2D eigenvalue weighted by Gasteiger charge is -2.59. The molecule has 4 aliphatic rings. The van der Waals surface area contributed by atoms with Gasteiger partial charge >= 0.3 is 5.69 Å². The average molecular weight is 404 g/mol. The number of benzene rings is 1. The molecule has 6 rings (SSSR count). The molecule has 0 saturated heterocycles. The van der Waals surface area contributed by atoms with Gasteiger partial charge in [0.15, 0.2) is 0 Å². The zero-order valence-corrected chi connectivity index (χ0v) is 16.6. The molecule has 3 N–H and O–H groups in total. The van der Waals surface area contributed by atoms with Crippen molar-refractivity contribution in [1.82, 2.24) is 14.7 Å². The molecule has 4 saturated carbocycles. The molecule has 4 aliphatic carbocycles. The molecule has 8 heteroatoms. The van der Waals surface area contributed by atoms with E-state index in [-0.39, 0.29) is 21.7 Å². The highest BCUT2D eigenvalue weighted by Gasteiger charge is 2.53. The van der Waals surface area contributed by atoms with E-state index in [4.69, 9.17) is 0 Å². The second-order valence-corrected chi connectivity index (χ2v) is 11.0. The lowest BCUT2D eigenvalue weighted by atomic mass is 9.48. The summed E-state index contributed by atoms with van der Waals surface area (Å²) in [6.45, 7) is 2.00. The Morgan fingerprint density at radius 3 is 2.25 bits per heavy atom. The second-order valence-electron chi connectivity index (χ2n) is 9.24. The number of H-pyrrole nitrogens is 2. The quantitative estimate of drug-likeness (QED) is 0.726. The molecule has 1 atom stereocenters. The van der Waals surface area contributed by atoms with Crippen LogP contribution in [0.25, 0.3) is 10.9 Å². The number of rotatable bonds is 4. The number of hydrogen-bond donors (Lipinski definition) is 3. The van der Waals surface area contributed by atoms with Crippen molar-refractivity contribution < 1.29 is 8.42 Å². The van der Waals surface area contributed by atoms with Gasteiger partial charge in [-0.15, -0.1) is 0 Å². The third kappa shape index (κ3) is 2.85. The van der Waals surface area contributed by atoms with Crippen molar-refractivity contribution >= 4 is 20.9 Å². The molecule has 2 aromatic rings. The van der Waals surface area contributed by atoms with Crippen molar-refractivity contribution in [2.75, 3.05) is 0 Å². The fourth-order valence-corrected chi connectivity index (χ4v) is 7.82. The number of sulfonamides is 1. The van der Waals surface area contributed by atoms with Crippen molar-refractivity contribution in [3.63, 3.8) is 0 Å². The Hall–Kier alpha value is -1.93. The molecule has 4 bridgehead atoms. The van der Waals surface area contributed by atoms with E-state index in [9.17, 15) is 18.0 Å². The van der Waals surface area contributed by atoms with Crippen molar-refractivity contribution in [3.05, 3.63) is 39.0 Å². The third-order valence-electron chi connectivity index (χ3n) is 7.36. The summed E-state index contributed by atoms with van der Waals surface area (Å²) in [6, 6.07) is 4.09. The van der Waals surface area contributed by atoms with E-state index >= 15 is 0 Å². The molecule has 150 valence electrons. The molecule has 1 aromatic heterocycles. The Balaban J connectivity index is 1.45. The minimum Gasteiger partial charge on any atom is -0.307 e. The standard InChI is InChI=1S/C20H25N3O4S/c1-11(20-8-12-4-13(9-20)6-14(5-12)10-20)23-28(26,27)15-2-3-17-16(7-15)18(24)22-19(25)21-17/h2-3,7,11-14,23H,4-6,8-10H2,1H3,(H2,21,22,24,25). The van der Waals surface area contributed by atoms with Crippen LogP contribution in [0, 0.1) is 23.2 Å². The predicted octanol–water partition coefficient (Wildman–Crippen LogP) is 2.10. The smallest absolute Gasteiger partial charge is 0.307 e. The van der Waals surface area contributed by atoms with E-state index in [0.29, 0.717) is 5.52 Å². The summed E-state index contributed by atoms with van der Waals surface area (Å²) in [5.41, 5.74) is -0.824. The van der Waals surface area contributed by atoms with Gasteiger partial charge in [-0.3, -0.25) is 9.78 Å². The molecule has 0 radical (unpaired) electrons. The number of aromatic amines is 2. The first-order valence-corrected chi connectivity index (χ1v) is 11.5. The SMILES string of the molecule is CC(NS(=O)(=O)c1ccc2[nH]c(=O)[nH]c(=O)c2c1)C12CC3CC(CC(C3)C1)C2. The minimum atomic E-state index is -3.77. The maximum absolute atomic E-state index is 13.1. The van der Waals surface area contributed by atoms with Crippen LogP contribution < -0.4 is 16.0 Å². The van der Waals surface area contributed by atoms with Gasteiger partial charge in [0.05, 0.1) is 15.8 Å². The fourth-order valence-electron chi connectivity index (χ4n) is 6.45. The topological polar surface area (TPSA) is 112 Å². The summed E-state index contributed by atoms with van der Waals surface area (Å²) < 4.78 is 29.0. The van der Waals surface area contributed by atoms with Crippen LogP contribution >= 0.6 is 0 Å². The van der Waals surface area contributed by atoms with Gasteiger partial charge in [0, 0.05) is 6.04 Å². The van der Waals surface area contributed by atoms with Gasteiger partial charge < -0.3 is 4.98 Å². The van der Waals surface area contributed by atoms with Gasteiger partial charge in [0.2, 0.25) is 10.0 Å². The summed E-state index contributed by atoms with van der Waals surface area (Å²) in [4.78, 5) is 28.1. The predicted molar refractivity (Wildman–Crippen MR) is 106 cm³/mol. The molecule has 1 heterocycles. The Morgan fingerprint density at radius 2 is 1.64 bits per heavy atom. The minimum absolute atomic E-state index is 0.0501. The molecule has 7 nitrogen and oxygen atoms in total. The molecule has 4 fully saturated rings. The van der Waals surface area contributed by atoms with Crippen LogP contribution in [0.1, 0.15) is 45.4 Å². The van der Waals surface area contributed by atoms with Crippen LogP contribution in [-0.4, -0.2) is 24.4 Å². The van der Waals surface area contributed by atoms with Crippen LogP contribution in [0.5, 0.6) is 0 Å². The number of nitrogens with one attached hydrogen (secondary N) is 3. The molecular formula is C20H25N3O4S. The zero-order valence-electron chi connectivity index (χ0n) is 15.8. The molecule has 0 aliphatic heterocycles. The first-order valence-electron chi connectivity index (χ1n) is 10.0. The number of fused-ring (bicyclic) bond motifs is 1. The zero-order chi connectivity index (χ0) is 19.7. The molecule has 0 spiro atoms. The van der Waals surface area contributed by atoms with E-state index in [1.807, 2.05) is 6.92 Å². The summed E-state index contributed by atoms with van der Waals surface area (Å²) in [5, 5.41) is 0.157. The van der Waals surface area contributed by atoms with E-state index in [2.05, 4.69) is 14.7 Å². The first-order chi connectivity index (χ1) is 13.2. The van der Waals surface area contributed by atoms with Crippen molar-refractivity contribution in [3.8, 4) is 0 Å². The van der Waals surface area contributed by atoms with Crippen molar-refractivity contribution in [1.29, 1.82) is 0 Å².